The van der Waals surface area contributed by atoms with E-state index < -0.39 is 5.95 Å². The zero-order valence-corrected chi connectivity index (χ0v) is 6.75. The Kier molecular flexibility index (Phi) is 2.94. The minimum atomic E-state index is -0.620. The summed E-state index contributed by atoms with van der Waals surface area (Å²) in [7, 11) is 0. The molecule has 1 aromatic heterocycles. The van der Waals surface area contributed by atoms with Crippen molar-refractivity contribution in [3.8, 4) is 0 Å². The Morgan fingerprint density at radius 1 is 1.58 bits per heavy atom. The van der Waals surface area contributed by atoms with Crippen molar-refractivity contribution in [1.29, 1.82) is 0 Å². The number of hydrogen-bond donors (Lipinski definition) is 0. The fraction of sp³-hybridized carbons (Fsp3) is 0. The van der Waals surface area contributed by atoms with Crippen LogP contribution in [0.3, 0.4) is 0 Å². The highest BCUT2D eigenvalue weighted by Crippen LogP contribution is 2.15. The fourth-order valence-corrected chi connectivity index (χ4v) is 0.864. The van der Waals surface area contributed by atoms with E-state index in [1.807, 2.05) is 0 Å². The molecule has 0 aliphatic carbocycles. The second-order valence-electron chi connectivity index (χ2n) is 2.02. The number of aromatic nitrogens is 1. The largest absolute Gasteiger partial charge is 0.299 e. The zero-order valence-electron chi connectivity index (χ0n) is 6.00. The summed E-state index contributed by atoms with van der Waals surface area (Å²) in [5, 5.41) is 0.314. The van der Waals surface area contributed by atoms with Crippen molar-refractivity contribution in [3.05, 3.63) is 34.9 Å². The summed E-state index contributed by atoms with van der Waals surface area (Å²) in [6.45, 7) is 0. The predicted molar refractivity (Wildman–Crippen MR) is 44.3 cm³/mol. The fourth-order valence-electron chi connectivity index (χ4n) is 0.698. The highest BCUT2D eigenvalue weighted by atomic mass is 35.5. The lowest BCUT2D eigenvalue weighted by Gasteiger charge is -1.95. The summed E-state index contributed by atoms with van der Waals surface area (Å²) in [6.07, 6.45) is 4.44. The van der Waals surface area contributed by atoms with Gasteiger partial charge in [-0.2, -0.15) is 4.39 Å². The summed E-state index contributed by atoms with van der Waals surface area (Å²) in [5.41, 5.74) is 0.441. The van der Waals surface area contributed by atoms with Gasteiger partial charge in [0.25, 0.3) is 0 Å². The van der Waals surface area contributed by atoms with Gasteiger partial charge in [-0.15, -0.1) is 0 Å². The predicted octanol–water partition coefficient (Wildman–Crippen LogP) is 2.09. The third-order valence-electron chi connectivity index (χ3n) is 1.21. The molecule has 0 radical (unpaired) electrons. The summed E-state index contributed by atoms with van der Waals surface area (Å²) >= 11 is 5.64. The smallest absolute Gasteiger partial charge is 0.213 e. The summed E-state index contributed by atoms with van der Waals surface area (Å²) in [5.74, 6) is -0.620. The van der Waals surface area contributed by atoms with E-state index in [2.05, 4.69) is 4.98 Å². The molecule has 0 N–H and O–H groups in total. The van der Waals surface area contributed by atoms with Gasteiger partial charge in [0.05, 0.1) is 5.02 Å². The van der Waals surface area contributed by atoms with Crippen LogP contribution < -0.4 is 0 Å². The number of aldehydes is 1. The van der Waals surface area contributed by atoms with Crippen LogP contribution in [0.4, 0.5) is 4.39 Å². The van der Waals surface area contributed by atoms with Gasteiger partial charge in [0.15, 0.2) is 0 Å². The molecule has 1 aromatic rings. The quantitative estimate of drug-likeness (QED) is 0.401. The summed E-state index contributed by atoms with van der Waals surface area (Å²) < 4.78 is 12.5. The van der Waals surface area contributed by atoms with Crippen LogP contribution in [0.15, 0.2) is 18.3 Å². The first kappa shape index (κ1) is 8.87. The van der Waals surface area contributed by atoms with E-state index in [1.165, 1.54) is 18.3 Å². The third kappa shape index (κ3) is 2.13. The van der Waals surface area contributed by atoms with Gasteiger partial charge in [0.2, 0.25) is 5.95 Å². The number of carbonyl (C=O) groups is 1. The van der Waals surface area contributed by atoms with E-state index in [-0.39, 0.29) is 0 Å². The van der Waals surface area contributed by atoms with Crippen LogP contribution in [-0.4, -0.2) is 11.3 Å². The standard InChI is InChI=1S/C8H5ClFNO/c9-7-5-11-8(10)4-6(7)2-1-3-12/h1-5H. The lowest BCUT2D eigenvalue weighted by atomic mass is 10.2. The Labute approximate surface area is 73.7 Å². The van der Waals surface area contributed by atoms with Crippen molar-refractivity contribution >= 4 is 24.0 Å². The minimum Gasteiger partial charge on any atom is -0.299 e. The number of nitrogens with zero attached hydrogens (tertiary/aromatic N) is 1. The van der Waals surface area contributed by atoms with Crippen molar-refractivity contribution in [2.24, 2.45) is 0 Å². The van der Waals surface area contributed by atoms with Gasteiger partial charge in [0, 0.05) is 12.3 Å². The van der Waals surface area contributed by atoms with Crippen LogP contribution >= 0.6 is 11.6 Å². The molecule has 0 aliphatic rings. The van der Waals surface area contributed by atoms with Crippen LogP contribution in [0, 0.1) is 5.95 Å². The van der Waals surface area contributed by atoms with Gasteiger partial charge < -0.3 is 0 Å². The molecule has 0 amide bonds. The van der Waals surface area contributed by atoms with Gasteiger partial charge in [-0.05, 0) is 11.6 Å². The Hall–Kier alpha value is -1.22. The van der Waals surface area contributed by atoms with Gasteiger partial charge in [-0.1, -0.05) is 17.7 Å². The first-order valence-corrected chi connectivity index (χ1v) is 3.54. The van der Waals surface area contributed by atoms with E-state index in [9.17, 15) is 9.18 Å². The van der Waals surface area contributed by atoms with Crippen LogP contribution in [0.25, 0.3) is 6.08 Å². The Morgan fingerprint density at radius 3 is 3.00 bits per heavy atom. The van der Waals surface area contributed by atoms with Crippen molar-refractivity contribution in [2.45, 2.75) is 0 Å². The Morgan fingerprint density at radius 2 is 2.33 bits per heavy atom. The van der Waals surface area contributed by atoms with E-state index in [0.717, 1.165) is 6.07 Å². The van der Waals surface area contributed by atoms with Crippen molar-refractivity contribution < 1.29 is 9.18 Å². The number of halogens is 2. The molecule has 0 saturated heterocycles. The number of hydrogen-bond acceptors (Lipinski definition) is 2. The lowest BCUT2D eigenvalue weighted by Crippen LogP contribution is -1.84. The molecule has 1 rings (SSSR count). The second kappa shape index (κ2) is 3.97. The molecule has 0 unspecified atom stereocenters. The van der Waals surface area contributed by atoms with Crippen LogP contribution in [0.5, 0.6) is 0 Å². The van der Waals surface area contributed by atoms with Crippen LogP contribution in [0.2, 0.25) is 5.02 Å². The molecule has 0 atom stereocenters. The van der Waals surface area contributed by atoms with E-state index in [1.54, 1.807) is 0 Å². The van der Waals surface area contributed by atoms with Crippen LogP contribution in [-0.2, 0) is 4.79 Å². The summed E-state index contributed by atoms with van der Waals surface area (Å²) in [6, 6.07) is 1.16. The molecule has 0 bridgehead atoms. The van der Waals surface area contributed by atoms with Gasteiger partial charge in [-0.3, -0.25) is 4.79 Å². The maximum absolute atomic E-state index is 12.5. The lowest BCUT2D eigenvalue weighted by molar-refractivity contribution is -0.104. The molecule has 2 nitrogen and oxygen atoms in total. The molecular formula is C8H5ClFNO. The van der Waals surface area contributed by atoms with Crippen LogP contribution in [0.1, 0.15) is 5.56 Å². The van der Waals surface area contributed by atoms with E-state index in [4.69, 9.17) is 11.6 Å². The molecule has 0 aliphatic heterocycles. The number of carbonyl (C=O) groups excluding carboxylic acids is 1. The zero-order chi connectivity index (χ0) is 8.97. The molecule has 0 saturated carbocycles. The average molecular weight is 186 g/mol. The Balaban J connectivity index is 3.04. The van der Waals surface area contributed by atoms with E-state index in [0.29, 0.717) is 16.9 Å². The number of pyridine rings is 1. The highest BCUT2D eigenvalue weighted by Gasteiger charge is 1.98. The minimum absolute atomic E-state index is 0.314. The highest BCUT2D eigenvalue weighted by molar-refractivity contribution is 6.31. The van der Waals surface area contributed by atoms with Crippen molar-refractivity contribution in [2.75, 3.05) is 0 Å². The SMILES string of the molecule is O=CC=Cc1cc(F)ncc1Cl. The van der Waals surface area contributed by atoms with Gasteiger partial charge in [-0.25, -0.2) is 4.98 Å². The molecular weight excluding hydrogens is 181 g/mol. The van der Waals surface area contributed by atoms with E-state index >= 15 is 0 Å². The van der Waals surface area contributed by atoms with Gasteiger partial charge >= 0.3 is 0 Å². The maximum atomic E-state index is 12.5. The first-order chi connectivity index (χ1) is 5.74. The topological polar surface area (TPSA) is 30.0 Å². The number of rotatable bonds is 2. The molecule has 0 spiro atoms. The molecule has 12 heavy (non-hydrogen) atoms. The molecule has 62 valence electrons. The maximum Gasteiger partial charge on any atom is 0.213 e. The third-order valence-corrected chi connectivity index (χ3v) is 1.52. The van der Waals surface area contributed by atoms with Gasteiger partial charge in [0.1, 0.15) is 6.29 Å². The molecule has 0 fully saturated rings. The molecule has 1 heterocycles. The summed E-state index contributed by atoms with van der Waals surface area (Å²) in [4.78, 5) is 13.3. The second-order valence-corrected chi connectivity index (χ2v) is 2.43. The average Bonchev–Trinajstić information content (AvgIpc) is 2.07. The molecule has 4 heteroatoms. The van der Waals surface area contributed by atoms with Crippen molar-refractivity contribution in [3.63, 3.8) is 0 Å². The first-order valence-electron chi connectivity index (χ1n) is 3.17. The van der Waals surface area contributed by atoms with Crippen molar-refractivity contribution in [1.82, 2.24) is 4.98 Å². The monoisotopic (exact) mass is 185 g/mol. The Bertz CT molecular complexity index is 325. The molecule has 0 aromatic carbocycles. The number of allylic oxidation sites excluding steroid dienone is 1. The normalized spacial score (nSPS) is 10.5.